The molecule has 0 saturated carbocycles. The summed E-state index contributed by atoms with van der Waals surface area (Å²) in [6.07, 6.45) is 7.03. The van der Waals surface area contributed by atoms with Crippen LogP contribution in [0.15, 0.2) is 65.2 Å². The van der Waals surface area contributed by atoms with Gasteiger partial charge in [0, 0.05) is 15.6 Å². The number of hydrogen-bond acceptors (Lipinski definition) is 2. The third kappa shape index (κ3) is 4.43. The Kier molecular flexibility index (Phi) is 5.73. The lowest BCUT2D eigenvalue weighted by Crippen LogP contribution is -1.93. The van der Waals surface area contributed by atoms with E-state index >= 15 is 0 Å². The Balaban J connectivity index is 2.07. The number of hydrogen-bond donors (Lipinski definition) is 0. The van der Waals surface area contributed by atoms with Crippen LogP contribution in [0.1, 0.15) is 21.5 Å². The zero-order chi connectivity index (χ0) is 15.9. The normalized spacial score (nSPS) is 11.2. The van der Waals surface area contributed by atoms with Crippen molar-refractivity contribution in [3.05, 3.63) is 81.9 Å². The molecule has 3 heteroatoms. The standard InChI is InChI=1S/C19H17BrO2/c1-14-7-9-15(10-8-14)18(21)6-4-3-5-16-13-17(20)11-12-19(16)22-2/h3-13H,1-2H3/b5-3+,6-4+. The summed E-state index contributed by atoms with van der Waals surface area (Å²) in [6, 6.07) is 13.3. The number of carbonyl (C=O) groups excluding carboxylic acids is 1. The molecule has 0 unspecified atom stereocenters. The molecular weight excluding hydrogens is 340 g/mol. The Morgan fingerprint density at radius 1 is 1.09 bits per heavy atom. The van der Waals surface area contributed by atoms with E-state index in [0.29, 0.717) is 5.56 Å². The van der Waals surface area contributed by atoms with Crippen LogP contribution in [0, 0.1) is 6.92 Å². The van der Waals surface area contributed by atoms with Crippen LogP contribution in [0.3, 0.4) is 0 Å². The second-order valence-electron chi connectivity index (χ2n) is 4.83. The molecule has 0 amide bonds. The van der Waals surface area contributed by atoms with E-state index in [1.54, 1.807) is 19.3 Å². The Morgan fingerprint density at radius 2 is 1.82 bits per heavy atom. The van der Waals surface area contributed by atoms with E-state index in [9.17, 15) is 4.79 Å². The molecule has 0 aliphatic carbocycles. The molecule has 0 radical (unpaired) electrons. The number of methoxy groups -OCH3 is 1. The van der Waals surface area contributed by atoms with Gasteiger partial charge in [0.2, 0.25) is 0 Å². The predicted molar refractivity (Wildman–Crippen MR) is 94.4 cm³/mol. The number of benzene rings is 2. The van der Waals surface area contributed by atoms with Gasteiger partial charge in [0.05, 0.1) is 7.11 Å². The van der Waals surface area contributed by atoms with E-state index in [-0.39, 0.29) is 5.78 Å². The fourth-order valence-electron chi connectivity index (χ4n) is 1.95. The third-order valence-corrected chi connectivity index (χ3v) is 3.66. The molecule has 0 spiro atoms. The second kappa shape index (κ2) is 7.76. The Hall–Kier alpha value is -2.13. The summed E-state index contributed by atoms with van der Waals surface area (Å²) in [5.41, 5.74) is 2.78. The first kappa shape index (κ1) is 16.2. The lowest BCUT2D eigenvalue weighted by Gasteiger charge is -2.04. The van der Waals surface area contributed by atoms with Crippen molar-refractivity contribution in [1.82, 2.24) is 0 Å². The summed E-state index contributed by atoms with van der Waals surface area (Å²) < 4.78 is 6.28. The molecule has 0 N–H and O–H groups in total. The third-order valence-electron chi connectivity index (χ3n) is 3.16. The van der Waals surface area contributed by atoms with Gasteiger partial charge >= 0.3 is 0 Å². The second-order valence-corrected chi connectivity index (χ2v) is 5.75. The first-order chi connectivity index (χ1) is 10.6. The topological polar surface area (TPSA) is 26.3 Å². The number of allylic oxidation sites excluding steroid dienone is 3. The highest BCUT2D eigenvalue weighted by atomic mass is 79.9. The first-order valence-corrected chi connectivity index (χ1v) is 7.69. The van der Waals surface area contributed by atoms with Gasteiger partial charge in [0.25, 0.3) is 0 Å². The first-order valence-electron chi connectivity index (χ1n) is 6.89. The number of rotatable bonds is 5. The maximum atomic E-state index is 12.0. The van der Waals surface area contributed by atoms with E-state index in [1.165, 1.54) is 0 Å². The van der Waals surface area contributed by atoms with E-state index in [0.717, 1.165) is 21.3 Å². The van der Waals surface area contributed by atoms with Crippen molar-refractivity contribution in [2.24, 2.45) is 0 Å². The maximum Gasteiger partial charge on any atom is 0.185 e. The van der Waals surface area contributed by atoms with Gasteiger partial charge in [-0.1, -0.05) is 64.0 Å². The molecule has 2 aromatic carbocycles. The lowest BCUT2D eigenvalue weighted by molar-refractivity contribution is 0.104. The van der Waals surface area contributed by atoms with Gasteiger partial charge in [0.15, 0.2) is 5.78 Å². The number of ether oxygens (including phenoxy) is 1. The van der Waals surface area contributed by atoms with Crippen molar-refractivity contribution in [3.63, 3.8) is 0 Å². The molecule has 0 heterocycles. The molecule has 0 bridgehead atoms. The molecule has 2 rings (SSSR count). The number of carbonyl (C=O) groups is 1. The highest BCUT2D eigenvalue weighted by molar-refractivity contribution is 9.10. The Labute approximate surface area is 139 Å². The summed E-state index contributed by atoms with van der Waals surface area (Å²) in [7, 11) is 1.64. The van der Waals surface area contributed by atoms with Crippen LogP contribution in [-0.4, -0.2) is 12.9 Å². The van der Waals surface area contributed by atoms with Crippen LogP contribution >= 0.6 is 15.9 Å². The number of ketones is 1. The smallest absolute Gasteiger partial charge is 0.185 e. The Bertz CT molecular complexity index is 713. The van der Waals surface area contributed by atoms with Crippen LogP contribution in [0.2, 0.25) is 0 Å². The van der Waals surface area contributed by atoms with Crippen LogP contribution in [0.5, 0.6) is 5.75 Å². The van der Waals surface area contributed by atoms with Gasteiger partial charge in [0.1, 0.15) is 5.75 Å². The zero-order valence-electron chi connectivity index (χ0n) is 12.5. The number of halogens is 1. The number of aryl methyl sites for hydroxylation is 1. The Morgan fingerprint density at radius 3 is 2.50 bits per heavy atom. The van der Waals surface area contributed by atoms with Gasteiger partial charge in [-0.15, -0.1) is 0 Å². The molecule has 0 saturated heterocycles. The SMILES string of the molecule is COc1ccc(Br)cc1/C=C/C=C/C(=O)c1ccc(C)cc1. The molecule has 2 nitrogen and oxygen atoms in total. The summed E-state index contributed by atoms with van der Waals surface area (Å²) in [4.78, 5) is 12.0. The van der Waals surface area contributed by atoms with Crippen molar-refractivity contribution < 1.29 is 9.53 Å². The largest absolute Gasteiger partial charge is 0.496 e. The minimum absolute atomic E-state index is 0.00847. The van der Waals surface area contributed by atoms with E-state index in [1.807, 2.05) is 61.5 Å². The summed E-state index contributed by atoms with van der Waals surface area (Å²) in [5, 5.41) is 0. The van der Waals surface area contributed by atoms with Crippen LogP contribution < -0.4 is 4.74 Å². The predicted octanol–water partition coefficient (Wildman–Crippen LogP) is 5.22. The average molecular weight is 357 g/mol. The van der Waals surface area contributed by atoms with Crippen molar-refractivity contribution in [1.29, 1.82) is 0 Å². The van der Waals surface area contributed by atoms with Gasteiger partial charge in [-0.25, -0.2) is 0 Å². The highest BCUT2D eigenvalue weighted by Gasteiger charge is 2.00. The van der Waals surface area contributed by atoms with Gasteiger partial charge in [-0.05, 0) is 31.2 Å². The fourth-order valence-corrected chi connectivity index (χ4v) is 2.33. The van der Waals surface area contributed by atoms with Crippen LogP contribution in [0.25, 0.3) is 6.08 Å². The molecule has 0 aromatic heterocycles. The van der Waals surface area contributed by atoms with E-state index < -0.39 is 0 Å². The summed E-state index contributed by atoms with van der Waals surface area (Å²) >= 11 is 3.43. The quantitative estimate of drug-likeness (QED) is 0.417. The van der Waals surface area contributed by atoms with Crippen LogP contribution in [0.4, 0.5) is 0 Å². The fraction of sp³-hybridized carbons (Fsp3) is 0.105. The molecule has 112 valence electrons. The van der Waals surface area contributed by atoms with E-state index in [2.05, 4.69) is 15.9 Å². The molecule has 0 aliphatic rings. The van der Waals surface area contributed by atoms with Gasteiger partial charge in [-0.2, -0.15) is 0 Å². The van der Waals surface area contributed by atoms with Gasteiger partial charge < -0.3 is 4.74 Å². The maximum absolute atomic E-state index is 12.0. The molecule has 22 heavy (non-hydrogen) atoms. The molecule has 0 atom stereocenters. The van der Waals surface area contributed by atoms with Crippen molar-refractivity contribution >= 4 is 27.8 Å². The summed E-state index contributed by atoms with van der Waals surface area (Å²) in [5.74, 6) is 0.781. The molecule has 0 aliphatic heterocycles. The van der Waals surface area contributed by atoms with Crippen molar-refractivity contribution in [2.75, 3.05) is 7.11 Å². The summed E-state index contributed by atoms with van der Waals surface area (Å²) in [6.45, 7) is 2.00. The van der Waals surface area contributed by atoms with E-state index in [4.69, 9.17) is 4.74 Å². The molecule has 2 aromatic rings. The highest BCUT2D eigenvalue weighted by Crippen LogP contribution is 2.24. The minimum Gasteiger partial charge on any atom is -0.496 e. The average Bonchev–Trinajstić information content (AvgIpc) is 2.52. The molecule has 0 fully saturated rings. The lowest BCUT2D eigenvalue weighted by atomic mass is 10.1. The van der Waals surface area contributed by atoms with Crippen molar-refractivity contribution in [2.45, 2.75) is 6.92 Å². The van der Waals surface area contributed by atoms with Crippen LogP contribution in [-0.2, 0) is 0 Å². The minimum atomic E-state index is -0.00847. The van der Waals surface area contributed by atoms with Gasteiger partial charge in [-0.3, -0.25) is 4.79 Å². The molecular formula is C19H17BrO2. The zero-order valence-corrected chi connectivity index (χ0v) is 14.1. The van der Waals surface area contributed by atoms with Crippen molar-refractivity contribution in [3.8, 4) is 5.75 Å². The monoisotopic (exact) mass is 356 g/mol.